The quantitative estimate of drug-likeness (QED) is 0.501. The van der Waals surface area contributed by atoms with Crippen LogP contribution in [-0.2, 0) is 4.79 Å². The zero-order chi connectivity index (χ0) is 18.7. The van der Waals surface area contributed by atoms with Crippen molar-refractivity contribution < 1.29 is 14.3 Å². The van der Waals surface area contributed by atoms with Crippen LogP contribution in [0, 0.1) is 0 Å². The molecule has 0 aliphatic carbocycles. The monoisotopic (exact) mass is 440 g/mol. The average molecular weight is 443 g/mol. The first-order chi connectivity index (χ1) is 11.7. The number of carbonyl (C=O) groups excluding carboxylic acids is 2. The van der Waals surface area contributed by atoms with Crippen LogP contribution in [0.2, 0.25) is 25.1 Å². The number of anilines is 1. The first kappa shape index (κ1) is 19.9. The zero-order valence-electron chi connectivity index (χ0n) is 12.2. The van der Waals surface area contributed by atoms with Gasteiger partial charge in [-0.25, -0.2) is 0 Å². The third-order valence-electron chi connectivity index (χ3n) is 2.97. The second kappa shape index (κ2) is 8.34. The Morgan fingerprint density at radius 3 is 1.84 bits per heavy atom. The topological polar surface area (TPSA) is 81.4 Å². The van der Waals surface area contributed by atoms with E-state index in [9.17, 15) is 9.59 Å². The van der Waals surface area contributed by atoms with Crippen LogP contribution in [0.25, 0.3) is 0 Å². The molecule has 0 heterocycles. The molecule has 132 valence electrons. The van der Waals surface area contributed by atoms with Crippen molar-refractivity contribution in [1.29, 1.82) is 0 Å². The molecule has 0 radical (unpaired) electrons. The van der Waals surface area contributed by atoms with Crippen LogP contribution in [0.15, 0.2) is 24.3 Å². The Balaban J connectivity index is 2.07. The smallest absolute Gasteiger partial charge is 0.262 e. The van der Waals surface area contributed by atoms with Crippen molar-refractivity contribution >= 4 is 75.5 Å². The van der Waals surface area contributed by atoms with Gasteiger partial charge in [0.05, 0.1) is 15.1 Å². The summed E-state index contributed by atoms with van der Waals surface area (Å²) in [5.41, 5.74) is 5.90. The summed E-state index contributed by atoms with van der Waals surface area (Å²) in [4.78, 5) is 23.0. The number of hydrogen-bond donors (Lipinski definition) is 2. The van der Waals surface area contributed by atoms with Crippen LogP contribution in [0.5, 0.6) is 5.75 Å². The van der Waals surface area contributed by atoms with Crippen molar-refractivity contribution in [3.8, 4) is 5.75 Å². The summed E-state index contributed by atoms with van der Waals surface area (Å²) in [6.07, 6.45) is 0. The molecule has 0 spiro atoms. The van der Waals surface area contributed by atoms with Crippen molar-refractivity contribution in [2.75, 3.05) is 11.9 Å². The average Bonchev–Trinajstić information content (AvgIpc) is 2.58. The molecule has 0 fully saturated rings. The fourth-order valence-electron chi connectivity index (χ4n) is 1.76. The second-order valence-electron chi connectivity index (χ2n) is 4.68. The predicted molar refractivity (Wildman–Crippen MR) is 101 cm³/mol. The molecule has 3 N–H and O–H groups in total. The Morgan fingerprint density at radius 2 is 1.36 bits per heavy atom. The SMILES string of the molecule is NC(=O)c1ccc(NC(=O)COc2c(Cl)c(Cl)c(Cl)c(Cl)c2Cl)cc1. The summed E-state index contributed by atoms with van der Waals surface area (Å²) in [6, 6.07) is 6.00. The minimum atomic E-state index is -0.568. The van der Waals surface area contributed by atoms with E-state index in [1.54, 1.807) is 0 Å². The molecule has 0 unspecified atom stereocenters. The Labute approximate surface area is 167 Å². The van der Waals surface area contributed by atoms with Gasteiger partial charge >= 0.3 is 0 Å². The molecule has 2 rings (SSSR count). The van der Waals surface area contributed by atoms with Crippen molar-refractivity contribution in [3.05, 3.63) is 54.9 Å². The molecule has 2 aromatic rings. The van der Waals surface area contributed by atoms with Crippen molar-refractivity contribution in [2.45, 2.75) is 0 Å². The number of carbonyl (C=O) groups is 2. The van der Waals surface area contributed by atoms with Gasteiger partial charge in [0.15, 0.2) is 12.4 Å². The van der Waals surface area contributed by atoms with Crippen molar-refractivity contribution in [1.82, 2.24) is 0 Å². The van der Waals surface area contributed by atoms with Crippen molar-refractivity contribution in [2.24, 2.45) is 5.73 Å². The second-order valence-corrected chi connectivity index (χ2v) is 6.57. The van der Waals surface area contributed by atoms with E-state index in [0.717, 1.165) is 0 Å². The van der Waals surface area contributed by atoms with Gasteiger partial charge in [0.1, 0.15) is 10.0 Å². The van der Waals surface area contributed by atoms with E-state index in [-0.39, 0.29) is 30.9 Å². The first-order valence-corrected chi connectivity index (χ1v) is 8.45. The molecule has 0 saturated heterocycles. The largest absolute Gasteiger partial charge is 0.481 e. The number of halogens is 5. The summed E-state index contributed by atoms with van der Waals surface area (Å²) < 4.78 is 5.30. The van der Waals surface area contributed by atoms with Crippen LogP contribution in [-0.4, -0.2) is 18.4 Å². The fourth-order valence-corrected chi connectivity index (χ4v) is 2.99. The van der Waals surface area contributed by atoms with E-state index in [0.29, 0.717) is 11.3 Å². The van der Waals surface area contributed by atoms with Crippen LogP contribution >= 0.6 is 58.0 Å². The summed E-state index contributed by atoms with van der Waals surface area (Å²) in [6.45, 7) is -0.411. The van der Waals surface area contributed by atoms with Gasteiger partial charge in [-0.15, -0.1) is 0 Å². The molecule has 0 saturated carbocycles. The van der Waals surface area contributed by atoms with Gasteiger partial charge in [0.2, 0.25) is 5.91 Å². The number of amides is 2. The van der Waals surface area contributed by atoms with Crippen LogP contribution in [0.1, 0.15) is 10.4 Å². The number of primary amides is 1. The van der Waals surface area contributed by atoms with Gasteiger partial charge in [-0.2, -0.15) is 0 Å². The third kappa shape index (κ3) is 4.63. The summed E-state index contributed by atoms with van der Waals surface area (Å²) in [5, 5.41) is 2.38. The first-order valence-electron chi connectivity index (χ1n) is 6.56. The van der Waals surface area contributed by atoms with Gasteiger partial charge < -0.3 is 15.8 Å². The molecule has 0 aliphatic heterocycles. The molecule has 0 aliphatic rings. The molecule has 2 amide bonds. The molecule has 0 bridgehead atoms. The number of hydrogen-bond acceptors (Lipinski definition) is 3. The van der Waals surface area contributed by atoms with Crippen LogP contribution in [0.3, 0.4) is 0 Å². The van der Waals surface area contributed by atoms with E-state index in [4.69, 9.17) is 68.5 Å². The van der Waals surface area contributed by atoms with E-state index < -0.39 is 18.4 Å². The fraction of sp³-hybridized carbons (Fsp3) is 0.0667. The van der Waals surface area contributed by atoms with Crippen LogP contribution in [0.4, 0.5) is 5.69 Å². The minimum Gasteiger partial charge on any atom is -0.481 e. The maximum Gasteiger partial charge on any atom is 0.262 e. The molecule has 2 aromatic carbocycles. The van der Waals surface area contributed by atoms with Gasteiger partial charge in [-0.3, -0.25) is 9.59 Å². The molecular weight excluding hydrogens is 433 g/mol. The number of benzene rings is 2. The van der Waals surface area contributed by atoms with E-state index in [2.05, 4.69) is 5.32 Å². The summed E-state index contributed by atoms with van der Waals surface area (Å²) >= 11 is 29.7. The van der Waals surface area contributed by atoms with Gasteiger partial charge in [-0.1, -0.05) is 58.0 Å². The molecule has 0 atom stereocenters. The third-order valence-corrected chi connectivity index (χ3v) is 5.21. The zero-order valence-corrected chi connectivity index (χ0v) is 16.0. The van der Waals surface area contributed by atoms with E-state index in [1.165, 1.54) is 24.3 Å². The minimum absolute atomic E-state index is 0.00956. The molecule has 10 heteroatoms. The lowest BCUT2D eigenvalue weighted by molar-refractivity contribution is -0.118. The van der Waals surface area contributed by atoms with E-state index >= 15 is 0 Å². The number of rotatable bonds is 5. The van der Waals surface area contributed by atoms with Crippen LogP contribution < -0.4 is 15.8 Å². The lowest BCUT2D eigenvalue weighted by atomic mass is 10.2. The predicted octanol–water partition coefficient (Wildman–Crippen LogP) is 5.07. The molecular formula is C15H9Cl5N2O3. The highest BCUT2D eigenvalue weighted by Crippen LogP contribution is 2.48. The van der Waals surface area contributed by atoms with Crippen molar-refractivity contribution in [3.63, 3.8) is 0 Å². The maximum absolute atomic E-state index is 12.0. The standard InChI is InChI=1S/C15H9Cl5N2O3/c16-9-10(17)12(19)14(13(20)11(9)18)25-5-8(23)22-7-3-1-6(2-4-7)15(21)24/h1-4H,5H2,(H2,21,24)(H,22,23). The Bertz CT molecular complexity index is 811. The Kier molecular flexibility index (Phi) is 6.65. The van der Waals surface area contributed by atoms with Gasteiger partial charge in [0, 0.05) is 11.3 Å². The highest BCUT2D eigenvalue weighted by Gasteiger charge is 2.21. The van der Waals surface area contributed by atoms with Gasteiger partial charge in [0.25, 0.3) is 5.91 Å². The number of ether oxygens (including phenoxy) is 1. The number of nitrogens with two attached hydrogens (primary N) is 1. The summed E-state index contributed by atoms with van der Waals surface area (Å²) in [5.74, 6) is -1.12. The lowest BCUT2D eigenvalue weighted by Gasteiger charge is -2.13. The van der Waals surface area contributed by atoms with Gasteiger partial charge in [-0.05, 0) is 24.3 Å². The number of nitrogens with one attached hydrogen (secondary N) is 1. The Hall–Kier alpha value is -1.37. The molecule has 0 aromatic heterocycles. The maximum atomic E-state index is 12.0. The molecule has 5 nitrogen and oxygen atoms in total. The normalized spacial score (nSPS) is 10.4. The Morgan fingerprint density at radius 1 is 0.880 bits per heavy atom. The molecule has 25 heavy (non-hydrogen) atoms. The summed E-state index contributed by atoms with van der Waals surface area (Å²) in [7, 11) is 0. The highest BCUT2D eigenvalue weighted by molar-refractivity contribution is 6.55. The van der Waals surface area contributed by atoms with E-state index in [1.807, 2.05) is 0 Å². The lowest BCUT2D eigenvalue weighted by Crippen LogP contribution is -2.20. The highest BCUT2D eigenvalue weighted by atomic mass is 35.5.